The minimum Gasteiger partial charge on any atom is -0.327 e. The van der Waals surface area contributed by atoms with Crippen molar-refractivity contribution in [3.05, 3.63) is 53.9 Å². The van der Waals surface area contributed by atoms with Crippen LogP contribution in [0, 0.1) is 17.8 Å². The van der Waals surface area contributed by atoms with E-state index in [0.29, 0.717) is 31.5 Å². The molecule has 27 heavy (non-hydrogen) atoms. The van der Waals surface area contributed by atoms with E-state index in [4.69, 9.17) is 0 Å². The summed E-state index contributed by atoms with van der Waals surface area (Å²) >= 11 is 2.33. The number of nitrogens with zero attached hydrogens (tertiary/aromatic N) is 4. The normalized spacial score (nSPS) is 16.8. The van der Waals surface area contributed by atoms with Crippen molar-refractivity contribution in [1.82, 2.24) is 14.9 Å². The Labute approximate surface area is 174 Å². The van der Waals surface area contributed by atoms with Crippen LogP contribution >= 0.6 is 22.6 Å². The molecule has 2 aromatic rings. The van der Waals surface area contributed by atoms with Gasteiger partial charge in [-0.15, -0.1) is 0 Å². The van der Waals surface area contributed by atoms with Crippen molar-refractivity contribution in [2.24, 2.45) is 5.92 Å². The summed E-state index contributed by atoms with van der Waals surface area (Å²) in [5.74, 6) is 6.99. The van der Waals surface area contributed by atoms with E-state index in [2.05, 4.69) is 75.3 Å². The number of rotatable bonds is 3. The van der Waals surface area contributed by atoms with Crippen LogP contribution < -0.4 is 4.90 Å². The van der Waals surface area contributed by atoms with E-state index in [9.17, 15) is 4.79 Å². The Kier molecular flexibility index (Phi) is 6.67. The molecule has 0 spiro atoms. The lowest BCUT2D eigenvalue weighted by Gasteiger charge is -2.37. The van der Waals surface area contributed by atoms with Crippen molar-refractivity contribution in [2.45, 2.75) is 24.3 Å². The minimum atomic E-state index is -0.128. The van der Waals surface area contributed by atoms with Gasteiger partial charge in [-0.2, -0.15) is 0 Å². The van der Waals surface area contributed by atoms with Crippen LogP contribution in [0.4, 0.5) is 5.95 Å². The van der Waals surface area contributed by atoms with Gasteiger partial charge in [0, 0.05) is 37.0 Å². The van der Waals surface area contributed by atoms with E-state index < -0.39 is 0 Å². The molecule has 1 aliphatic rings. The predicted molar refractivity (Wildman–Crippen MR) is 116 cm³/mol. The van der Waals surface area contributed by atoms with Crippen LogP contribution in [0.25, 0.3) is 0 Å². The summed E-state index contributed by atoms with van der Waals surface area (Å²) in [7, 11) is 0. The van der Waals surface area contributed by atoms with Gasteiger partial charge in [0.15, 0.2) is 0 Å². The Balaban J connectivity index is 1.59. The Hall–Kier alpha value is -2.14. The molecule has 5 nitrogen and oxygen atoms in total. The molecule has 1 fully saturated rings. The monoisotopic (exact) mass is 474 g/mol. The topological polar surface area (TPSA) is 49.3 Å². The number of amides is 1. The molecule has 1 aromatic carbocycles. The van der Waals surface area contributed by atoms with E-state index in [0.717, 1.165) is 12.0 Å². The zero-order valence-corrected chi connectivity index (χ0v) is 17.8. The van der Waals surface area contributed by atoms with E-state index in [1.807, 2.05) is 12.1 Å². The molecule has 1 aliphatic heterocycles. The second-order valence-corrected chi connectivity index (χ2v) is 8.41. The number of carbonyl (C=O) groups is 1. The van der Waals surface area contributed by atoms with Gasteiger partial charge in [0.1, 0.15) is 4.05 Å². The molecule has 1 saturated heterocycles. The number of piperazine rings is 1. The minimum absolute atomic E-state index is 0.125. The van der Waals surface area contributed by atoms with Gasteiger partial charge < -0.3 is 9.80 Å². The number of anilines is 1. The number of aromatic nitrogens is 2. The Morgan fingerprint density at radius 3 is 2.56 bits per heavy atom. The SMILES string of the molecule is CC(C)Cc1ccc(C#CC(=O)N2CCN(c3ncccn3)C(I)C2)cc1. The Morgan fingerprint density at radius 2 is 1.93 bits per heavy atom. The van der Waals surface area contributed by atoms with Gasteiger partial charge in [-0.05, 0) is 36.1 Å². The first-order valence-corrected chi connectivity index (χ1v) is 10.3. The highest BCUT2D eigenvalue weighted by Gasteiger charge is 2.28. The van der Waals surface area contributed by atoms with Crippen LogP contribution in [-0.2, 0) is 11.2 Å². The molecule has 1 aromatic heterocycles. The van der Waals surface area contributed by atoms with E-state index >= 15 is 0 Å². The van der Waals surface area contributed by atoms with Gasteiger partial charge in [0.05, 0.1) is 6.54 Å². The molecule has 0 bridgehead atoms. The van der Waals surface area contributed by atoms with Crippen molar-refractivity contribution in [2.75, 3.05) is 24.5 Å². The van der Waals surface area contributed by atoms with Crippen LogP contribution in [0.3, 0.4) is 0 Å². The molecule has 140 valence electrons. The smallest absolute Gasteiger partial charge is 0.298 e. The van der Waals surface area contributed by atoms with Crippen LogP contribution in [-0.4, -0.2) is 44.5 Å². The molecule has 1 amide bonds. The van der Waals surface area contributed by atoms with E-state index in [1.165, 1.54) is 5.56 Å². The molecular weight excluding hydrogens is 451 g/mol. The van der Waals surface area contributed by atoms with Gasteiger partial charge in [-0.1, -0.05) is 54.5 Å². The Bertz CT molecular complexity index is 827. The maximum absolute atomic E-state index is 12.5. The first-order valence-electron chi connectivity index (χ1n) is 9.10. The fourth-order valence-electron chi connectivity index (χ4n) is 2.99. The molecule has 6 heteroatoms. The van der Waals surface area contributed by atoms with Gasteiger partial charge in [-0.25, -0.2) is 9.97 Å². The lowest BCUT2D eigenvalue weighted by Crippen LogP contribution is -2.52. The van der Waals surface area contributed by atoms with Crippen LogP contribution in [0.5, 0.6) is 0 Å². The molecule has 0 radical (unpaired) electrons. The first kappa shape index (κ1) is 19.6. The lowest BCUT2D eigenvalue weighted by atomic mass is 10.0. The average Bonchev–Trinajstić information content (AvgIpc) is 2.67. The summed E-state index contributed by atoms with van der Waals surface area (Å²) in [4.78, 5) is 25.0. The quantitative estimate of drug-likeness (QED) is 0.297. The number of benzene rings is 1. The van der Waals surface area contributed by atoms with E-state index in [-0.39, 0.29) is 9.96 Å². The average molecular weight is 474 g/mol. The highest BCUT2D eigenvalue weighted by molar-refractivity contribution is 14.1. The summed E-state index contributed by atoms with van der Waals surface area (Å²) in [6.07, 6.45) is 4.53. The molecular formula is C21H23IN4O. The summed E-state index contributed by atoms with van der Waals surface area (Å²) in [6, 6.07) is 9.96. The number of alkyl halides is 1. The second-order valence-electron chi connectivity index (χ2n) is 6.97. The highest BCUT2D eigenvalue weighted by atomic mass is 127. The van der Waals surface area contributed by atoms with Gasteiger partial charge in [-0.3, -0.25) is 4.79 Å². The van der Waals surface area contributed by atoms with Crippen LogP contribution in [0.15, 0.2) is 42.7 Å². The number of hydrogen-bond acceptors (Lipinski definition) is 4. The standard InChI is InChI=1S/C21H23IN4O/c1-16(2)14-18-6-4-17(5-7-18)8-9-20(27)25-12-13-26(19(22)15-25)21-23-10-3-11-24-21/h3-7,10-11,16,19H,12-15H2,1-2H3. The maximum Gasteiger partial charge on any atom is 0.298 e. The largest absolute Gasteiger partial charge is 0.327 e. The molecule has 0 N–H and O–H groups in total. The van der Waals surface area contributed by atoms with Crippen molar-refractivity contribution >= 4 is 34.4 Å². The fraction of sp³-hybridized carbons (Fsp3) is 0.381. The molecule has 3 rings (SSSR count). The first-order chi connectivity index (χ1) is 13.0. The Morgan fingerprint density at radius 1 is 1.22 bits per heavy atom. The summed E-state index contributed by atoms with van der Waals surface area (Å²) in [6.45, 7) is 6.35. The zero-order chi connectivity index (χ0) is 19.2. The summed E-state index contributed by atoms with van der Waals surface area (Å²) in [5, 5.41) is 0. The summed E-state index contributed by atoms with van der Waals surface area (Å²) in [5.41, 5.74) is 2.17. The lowest BCUT2D eigenvalue weighted by molar-refractivity contribution is -0.125. The number of carbonyl (C=O) groups excluding carboxylic acids is 1. The van der Waals surface area contributed by atoms with Crippen molar-refractivity contribution < 1.29 is 4.79 Å². The van der Waals surface area contributed by atoms with Crippen LogP contribution in [0.2, 0.25) is 0 Å². The van der Waals surface area contributed by atoms with Crippen LogP contribution in [0.1, 0.15) is 25.0 Å². The van der Waals surface area contributed by atoms with E-state index in [1.54, 1.807) is 23.4 Å². The molecule has 1 atom stereocenters. The number of halogens is 1. The molecule has 1 unspecified atom stereocenters. The van der Waals surface area contributed by atoms with Crippen molar-refractivity contribution in [1.29, 1.82) is 0 Å². The second kappa shape index (κ2) is 9.18. The third-order valence-electron chi connectivity index (χ3n) is 4.33. The summed E-state index contributed by atoms with van der Waals surface area (Å²) < 4.78 is 0.125. The van der Waals surface area contributed by atoms with Crippen molar-refractivity contribution in [3.8, 4) is 11.8 Å². The third-order valence-corrected chi connectivity index (χ3v) is 5.39. The van der Waals surface area contributed by atoms with Crippen molar-refractivity contribution in [3.63, 3.8) is 0 Å². The van der Waals surface area contributed by atoms with Gasteiger partial charge >= 0.3 is 0 Å². The van der Waals surface area contributed by atoms with Gasteiger partial charge in [0.25, 0.3) is 5.91 Å². The number of hydrogen-bond donors (Lipinski definition) is 0. The highest BCUT2D eigenvalue weighted by Crippen LogP contribution is 2.20. The third kappa shape index (κ3) is 5.42. The predicted octanol–water partition coefficient (Wildman–Crippen LogP) is 3.14. The maximum atomic E-state index is 12.5. The molecule has 2 heterocycles. The fourth-order valence-corrected chi connectivity index (χ4v) is 3.99. The molecule has 0 aliphatic carbocycles. The molecule has 0 saturated carbocycles. The zero-order valence-electron chi connectivity index (χ0n) is 15.6. The van der Waals surface area contributed by atoms with Gasteiger partial charge in [0.2, 0.25) is 5.95 Å².